The van der Waals surface area contributed by atoms with E-state index in [9.17, 15) is 18.0 Å². The molecule has 98 valence electrons. The van der Waals surface area contributed by atoms with Crippen LogP contribution >= 0.6 is 0 Å². The number of nitrogens with one attached hydrogen (secondary N) is 2. The van der Waals surface area contributed by atoms with Gasteiger partial charge in [-0.2, -0.15) is 18.3 Å². The molecule has 3 rings (SSSR count). The fourth-order valence-electron chi connectivity index (χ4n) is 1.73. The van der Waals surface area contributed by atoms with Crippen molar-refractivity contribution >= 4 is 11.1 Å². The Morgan fingerprint density at radius 2 is 2.00 bits per heavy atom. The van der Waals surface area contributed by atoms with Gasteiger partial charge in [0.2, 0.25) is 0 Å². The van der Waals surface area contributed by atoms with E-state index in [0.29, 0.717) is 16.7 Å². The summed E-state index contributed by atoms with van der Waals surface area (Å²) in [6, 6.07) is 5.41. The summed E-state index contributed by atoms with van der Waals surface area (Å²) in [5.74, 6) is -0.620. The highest BCUT2D eigenvalue weighted by atomic mass is 19.4. The maximum atomic E-state index is 12.4. The van der Waals surface area contributed by atoms with Gasteiger partial charge in [0.05, 0.1) is 11.2 Å². The third-order valence-corrected chi connectivity index (χ3v) is 2.60. The number of hydrogen-bond acceptors (Lipinski definition) is 3. The van der Waals surface area contributed by atoms with Crippen LogP contribution in [-0.4, -0.2) is 15.2 Å². The van der Waals surface area contributed by atoms with Crippen LogP contribution in [0.4, 0.5) is 13.2 Å². The highest BCUT2D eigenvalue weighted by Gasteiger charge is 2.33. The summed E-state index contributed by atoms with van der Waals surface area (Å²) in [6.07, 6.45) is -4.47. The van der Waals surface area contributed by atoms with Crippen LogP contribution in [0.5, 0.6) is 0 Å². The van der Waals surface area contributed by atoms with Crippen molar-refractivity contribution in [2.24, 2.45) is 0 Å². The predicted molar refractivity (Wildman–Crippen MR) is 59.4 cm³/mol. The molecular weight excluding hydrogens is 263 g/mol. The lowest BCUT2D eigenvalue weighted by molar-refractivity contribution is -0.141. The van der Waals surface area contributed by atoms with E-state index in [1.807, 2.05) is 5.10 Å². The van der Waals surface area contributed by atoms with Crippen LogP contribution in [-0.2, 0) is 6.18 Å². The van der Waals surface area contributed by atoms with Crippen molar-refractivity contribution in [3.8, 4) is 11.3 Å². The Labute approximate surface area is 103 Å². The molecule has 0 unspecified atom stereocenters. The van der Waals surface area contributed by atoms with E-state index < -0.39 is 17.6 Å². The van der Waals surface area contributed by atoms with E-state index in [1.54, 1.807) is 0 Å². The summed E-state index contributed by atoms with van der Waals surface area (Å²) >= 11 is 0. The summed E-state index contributed by atoms with van der Waals surface area (Å²) < 4.78 is 42.1. The zero-order valence-electron chi connectivity index (χ0n) is 9.21. The molecule has 0 aliphatic heterocycles. The van der Waals surface area contributed by atoms with E-state index in [-0.39, 0.29) is 5.69 Å². The van der Waals surface area contributed by atoms with Gasteiger partial charge in [0.1, 0.15) is 5.69 Å². The molecule has 0 spiro atoms. The number of nitrogens with zero attached hydrogens (tertiary/aromatic N) is 1. The Balaban J connectivity index is 2.08. The van der Waals surface area contributed by atoms with E-state index in [0.717, 1.165) is 6.07 Å². The molecule has 0 bridgehead atoms. The number of benzene rings is 1. The van der Waals surface area contributed by atoms with E-state index in [4.69, 9.17) is 4.42 Å². The Kier molecular flexibility index (Phi) is 2.28. The third kappa shape index (κ3) is 2.01. The lowest BCUT2D eigenvalue weighted by Gasteiger charge is -1.99. The number of hydrogen-bond donors (Lipinski definition) is 2. The van der Waals surface area contributed by atoms with Gasteiger partial charge in [-0.3, -0.25) is 10.1 Å². The van der Waals surface area contributed by atoms with Crippen molar-refractivity contribution in [1.29, 1.82) is 0 Å². The molecule has 0 amide bonds. The number of oxazole rings is 1. The normalized spacial score (nSPS) is 12.2. The zero-order valence-corrected chi connectivity index (χ0v) is 9.21. The van der Waals surface area contributed by atoms with Crippen molar-refractivity contribution in [1.82, 2.24) is 15.2 Å². The first-order valence-electron chi connectivity index (χ1n) is 5.19. The number of fused-ring (bicyclic) bond motifs is 1. The maximum Gasteiger partial charge on any atom is 0.432 e. The van der Waals surface area contributed by atoms with Crippen LogP contribution in [0.2, 0.25) is 0 Å². The SMILES string of the molecule is O=c1[nH]c2cc(-c3cc(C(F)(F)F)[nH]n3)ccc2o1. The lowest BCUT2D eigenvalue weighted by atomic mass is 10.1. The molecular formula is C11H6F3N3O2. The van der Waals surface area contributed by atoms with Gasteiger partial charge in [0, 0.05) is 5.56 Å². The van der Waals surface area contributed by atoms with Gasteiger partial charge in [-0.25, -0.2) is 4.79 Å². The Hall–Kier alpha value is -2.51. The minimum atomic E-state index is -4.47. The summed E-state index contributed by atoms with van der Waals surface area (Å²) in [5, 5.41) is 5.53. The smallest absolute Gasteiger partial charge is 0.408 e. The van der Waals surface area contributed by atoms with Crippen LogP contribution < -0.4 is 5.76 Å². The standard InChI is InChI=1S/C11H6F3N3O2/c12-11(13,14)9-4-6(16-17-9)5-1-2-8-7(3-5)15-10(18)19-8/h1-4H,(H,15,18)(H,16,17). The number of H-pyrrole nitrogens is 2. The van der Waals surface area contributed by atoms with Crippen molar-refractivity contribution in [2.75, 3.05) is 0 Å². The summed E-state index contributed by atoms with van der Waals surface area (Å²) in [6.45, 7) is 0. The van der Waals surface area contributed by atoms with Crippen molar-refractivity contribution in [3.05, 3.63) is 40.5 Å². The van der Waals surface area contributed by atoms with Crippen molar-refractivity contribution in [2.45, 2.75) is 6.18 Å². The molecule has 0 fully saturated rings. The molecule has 3 aromatic rings. The van der Waals surface area contributed by atoms with E-state index >= 15 is 0 Å². The van der Waals surface area contributed by atoms with Gasteiger partial charge in [-0.1, -0.05) is 0 Å². The van der Waals surface area contributed by atoms with Gasteiger partial charge in [0.15, 0.2) is 5.58 Å². The largest absolute Gasteiger partial charge is 0.432 e. The van der Waals surface area contributed by atoms with Crippen LogP contribution in [0.1, 0.15) is 5.69 Å². The lowest BCUT2D eigenvalue weighted by Crippen LogP contribution is -2.04. The topological polar surface area (TPSA) is 74.7 Å². The second kappa shape index (κ2) is 3.74. The predicted octanol–water partition coefficient (Wildman–Crippen LogP) is 2.53. The fraction of sp³-hybridized carbons (Fsp3) is 0.0909. The monoisotopic (exact) mass is 269 g/mol. The molecule has 19 heavy (non-hydrogen) atoms. The first kappa shape index (κ1) is 11.6. The summed E-state index contributed by atoms with van der Waals surface area (Å²) in [7, 11) is 0. The van der Waals surface area contributed by atoms with Gasteiger partial charge in [0.25, 0.3) is 0 Å². The Morgan fingerprint density at radius 3 is 2.68 bits per heavy atom. The molecule has 2 heterocycles. The highest BCUT2D eigenvalue weighted by Crippen LogP contribution is 2.30. The fourth-order valence-corrected chi connectivity index (χ4v) is 1.73. The van der Waals surface area contributed by atoms with Gasteiger partial charge < -0.3 is 4.42 Å². The van der Waals surface area contributed by atoms with Crippen molar-refractivity contribution < 1.29 is 17.6 Å². The molecule has 8 heteroatoms. The number of alkyl halides is 3. The third-order valence-electron chi connectivity index (χ3n) is 2.60. The second-order valence-electron chi connectivity index (χ2n) is 3.89. The average Bonchev–Trinajstić information content (AvgIpc) is 2.90. The van der Waals surface area contributed by atoms with E-state index in [1.165, 1.54) is 18.2 Å². The van der Waals surface area contributed by atoms with Crippen LogP contribution in [0.3, 0.4) is 0 Å². The molecule has 0 aliphatic rings. The van der Waals surface area contributed by atoms with Crippen molar-refractivity contribution in [3.63, 3.8) is 0 Å². The maximum absolute atomic E-state index is 12.4. The molecule has 5 nitrogen and oxygen atoms in total. The number of halogens is 3. The number of aromatic nitrogens is 3. The summed E-state index contributed by atoms with van der Waals surface area (Å²) in [5.41, 5.74) is 0.384. The van der Waals surface area contributed by atoms with Crippen LogP contribution in [0.25, 0.3) is 22.4 Å². The molecule has 2 N–H and O–H groups in total. The average molecular weight is 269 g/mol. The minimum Gasteiger partial charge on any atom is -0.408 e. The molecule has 0 radical (unpaired) electrons. The number of aromatic amines is 2. The van der Waals surface area contributed by atoms with E-state index in [2.05, 4.69) is 10.1 Å². The van der Waals surface area contributed by atoms with Gasteiger partial charge in [-0.15, -0.1) is 0 Å². The molecule has 0 aliphatic carbocycles. The van der Waals surface area contributed by atoms with Crippen LogP contribution in [0, 0.1) is 0 Å². The molecule has 0 atom stereocenters. The van der Waals surface area contributed by atoms with Gasteiger partial charge in [-0.05, 0) is 24.3 Å². The Morgan fingerprint density at radius 1 is 1.21 bits per heavy atom. The summed E-state index contributed by atoms with van der Waals surface area (Å²) in [4.78, 5) is 13.4. The highest BCUT2D eigenvalue weighted by molar-refractivity contribution is 5.79. The molecule has 1 aromatic carbocycles. The van der Waals surface area contributed by atoms with Crippen LogP contribution in [0.15, 0.2) is 33.5 Å². The number of rotatable bonds is 1. The first-order valence-corrected chi connectivity index (χ1v) is 5.19. The molecule has 2 aromatic heterocycles. The molecule has 0 saturated carbocycles. The van der Waals surface area contributed by atoms with Gasteiger partial charge >= 0.3 is 11.9 Å². The zero-order chi connectivity index (χ0) is 13.6. The first-order chi connectivity index (χ1) is 8.93. The Bertz CT molecular complexity index is 797. The minimum absolute atomic E-state index is 0.135. The molecule has 0 saturated heterocycles. The second-order valence-corrected chi connectivity index (χ2v) is 3.89. The quantitative estimate of drug-likeness (QED) is 0.712.